The number of rotatable bonds is 6. The number of carbonyl (C=O) groups is 2. The molecule has 4 aromatic rings. The van der Waals surface area contributed by atoms with E-state index >= 15 is 0 Å². The van der Waals surface area contributed by atoms with Gasteiger partial charge in [-0.3, -0.25) is 9.59 Å². The Kier molecular flexibility index (Phi) is 6.35. The zero-order valence-electron chi connectivity index (χ0n) is 18.2. The Morgan fingerprint density at radius 2 is 1.06 bits per heavy atom. The highest BCUT2D eigenvalue weighted by Gasteiger charge is 2.28. The molecule has 32 heavy (non-hydrogen) atoms. The first kappa shape index (κ1) is 21.7. The summed E-state index contributed by atoms with van der Waals surface area (Å²) in [5.41, 5.74) is 2.35. The van der Waals surface area contributed by atoms with Gasteiger partial charge in [-0.2, -0.15) is 0 Å². The maximum absolute atomic E-state index is 13.5. The molecule has 0 atom stereocenters. The fourth-order valence-electron chi connectivity index (χ4n) is 4.10. The number of aryl methyl sites for hydroxylation is 2. The van der Waals surface area contributed by atoms with Gasteiger partial charge in [0.2, 0.25) is 11.6 Å². The van der Waals surface area contributed by atoms with Crippen molar-refractivity contribution in [2.75, 3.05) is 0 Å². The van der Waals surface area contributed by atoms with E-state index in [2.05, 4.69) is 36.4 Å². The molecule has 0 bridgehead atoms. The maximum Gasteiger partial charge on any atom is 0.233 e. The van der Waals surface area contributed by atoms with Crippen molar-refractivity contribution < 1.29 is 9.59 Å². The summed E-state index contributed by atoms with van der Waals surface area (Å²) in [7, 11) is 0. The van der Waals surface area contributed by atoms with Gasteiger partial charge in [0.15, 0.2) is 0 Å². The molecule has 3 heteroatoms. The van der Waals surface area contributed by atoms with E-state index in [-0.39, 0.29) is 0 Å². The summed E-state index contributed by atoms with van der Waals surface area (Å²) in [5.74, 6) is 0.769. The highest BCUT2D eigenvalue weighted by Crippen LogP contribution is 2.43. The van der Waals surface area contributed by atoms with Gasteiger partial charge < -0.3 is 0 Å². The largest absolute Gasteiger partial charge is 0.285 e. The third kappa shape index (κ3) is 4.15. The molecule has 0 amide bonds. The van der Waals surface area contributed by atoms with Crippen molar-refractivity contribution in [1.29, 1.82) is 0 Å². The minimum absolute atomic E-state index is 0.462. The Bertz CT molecular complexity index is 1200. The van der Waals surface area contributed by atoms with Crippen molar-refractivity contribution in [3.8, 4) is 0 Å². The maximum atomic E-state index is 13.5. The topological polar surface area (TPSA) is 34.1 Å². The number of hydrogen-bond donors (Lipinski definition) is 0. The smallest absolute Gasteiger partial charge is 0.233 e. The SMILES string of the molecule is Cc1ccc(C(=O)C(=O)C=P(c2ccccc2)(c2ccccc2)c2ccccc2)c(C)c1. The number of carbonyl (C=O) groups excluding carboxylic acids is 2. The minimum Gasteiger partial charge on any atom is -0.285 e. The third-order valence-electron chi connectivity index (χ3n) is 5.65. The first-order chi connectivity index (χ1) is 15.5. The zero-order chi connectivity index (χ0) is 22.6. The molecule has 158 valence electrons. The monoisotopic (exact) mass is 436 g/mol. The number of benzene rings is 4. The molecule has 2 nitrogen and oxygen atoms in total. The fourth-order valence-corrected chi connectivity index (χ4v) is 7.83. The van der Waals surface area contributed by atoms with E-state index in [4.69, 9.17) is 0 Å². The van der Waals surface area contributed by atoms with Crippen LogP contribution < -0.4 is 15.9 Å². The van der Waals surface area contributed by atoms with Crippen LogP contribution in [0.3, 0.4) is 0 Å². The molecule has 0 fully saturated rings. The lowest BCUT2D eigenvalue weighted by molar-refractivity contribution is -0.108. The van der Waals surface area contributed by atoms with Crippen molar-refractivity contribution in [3.05, 3.63) is 126 Å². The average molecular weight is 436 g/mol. The first-order valence-electron chi connectivity index (χ1n) is 10.6. The van der Waals surface area contributed by atoms with Gasteiger partial charge in [-0.15, -0.1) is 0 Å². The van der Waals surface area contributed by atoms with E-state index in [1.807, 2.05) is 80.6 Å². The highest BCUT2D eigenvalue weighted by molar-refractivity contribution is 7.95. The Labute approximate surface area is 189 Å². The zero-order valence-corrected chi connectivity index (χ0v) is 19.1. The van der Waals surface area contributed by atoms with Gasteiger partial charge in [0.05, 0.1) is 0 Å². The van der Waals surface area contributed by atoms with Crippen LogP contribution in [0.4, 0.5) is 0 Å². The van der Waals surface area contributed by atoms with Crippen molar-refractivity contribution in [2.24, 2.45) is 0 Å². The van der Waals surface area contributed by atoms with E-state index < -0.39 is 18.5 Å². The number of hydrogen-bond acceptors (Lipinski definition) is 2. The summed E-state index contributed by atoms with van der Waals surface area (Å²) >= 11 is 0. The third-order valence-corrected chi connectivity index (χ3v) is 9.61. The molecule has 0 heterocycles. The van der Waals surface area contributed by atoms with Crippen LogP contribution in [0.25, 0.3) is 0 Å². The van der Waals surface area contributed by atoms with E-state index in [0.717, 1.165) is 27.0 Å². The minimum atomic E-state index is -2.50. The lowest BCUT2D eigenvalue weighted by atomic mass is 10.0. The second-order valence-electron chi connectivity index (χ2n) is 7.87. The molecule has 0 saturated carbocycles. The van der Waals surface area contributed by atoms with Crippen LogP contribution in [0.1, 0.15) is 21.5 Å². The molecule has 0 aliphatic heterocycles. The van der Waals surface area contributed by atoms with Crippen LogP contribution in [-0.4, -0.2) is 17.4 Å². The summed E-state index contributed by atoms with van der Waals surface area (Å²) in [5, 5.41) is 3.12. The summed E-state index contributed by atoms with van der Waals surface area (Å²) in [6.07, 6.45) is 0. The average Bonchev–Trinajstić information content (AvgIpc) is 2.84. The van der Waals surface area contributed by atoms with Crippen LogP contribution in [0.5, 0.6) is 0 Å². The Morgan fingerprint density at radius 1 is 0.625 bits per heavy atom. The lowest BCUT2D eigenvalue weighted by Gasteiger charge is -2.28. The van der Waals surface area contributed by atoms with E-state index in [0.29, 0.717) is 5.56 Å². The van der Waals surface area contributed by atoms with Crippen LogP contribution in [0.2, 0.25) is 0 Å². The molecule has 0 N–H and O–H groups in total. The molecule has 0 saturated heterocycles. The van der Waals surface area contributed by atoms with Crippen molar-refractivity contribution in [2.45, 2.75) is 13.8 Å². The van der Waals surface area contributed by atoms with Crippen molar-refractivity contribution >= 4 is 40.2 Å². The van der Waals surface area contributed by atoms with Crippen molar-refractivity contribution in [3.63, 3.8) is 0 Å². The predicted octanol–water partition coefficient (Wildman–Crippen LogP) is 4.85. The number of Topliss-reactive ketones (excluding diaryl/α,β-unsaturated/α-hetero) is 2. The van der Waals surface area contributed by atoms with Gasteiger partial charge >= 0.3 is 0 Å². The molecule has 4 rings (SSSR count). The molecule has 0 radical (unpaired) electrons. The van der Waals surface area contributed by atoms with Gasteiger partial charge in [-0.05, 0) is 48.0 Å². The highest BCUT2D eigenvalue weighted by atomic mass is 31.2. The summed E-state index contributed by atoms with van der Waals surface area (Å²) < 4.78 is 0. The Morgan fingerprint density at radius 3 is 1.47 bits per heavy atom. The van der Waals surface area contributed by atoms with Crippen LogP contribution in [0, 0.1) is 13.8 Å². The van der Waals surface area contributed by atoms with Crippen LogP contribution >= 0.6 is 6.89 Å². The van der Waals surface area contributed by atoms with E-state index in [9.17, 15) is 9.59 Å². The molecule has 0 unspecified atom stereocenters. The number of ketones is 2. The predicted molar refractivity (Wildman–Crippen MR) is 136 cm³/mol. The summed E-state index contributed by atoms with van der Waals surface area (Å²) in [6.45, 7) is 1.35. The summed E-state index contributed by atoms with van der Waals surface area (Å²) in [4.78, 5) is 26.8. The second-order valence-corrected chi connectivity index (χ2v) is 11.1. The molecule has 0 aromatic heterocycles. The molecule has 0 aliphatic carbocycles. The van der Waals surface area contributed by atoms with E-state index in [1.54, 1.807) is 11.9 Å². The summed E-state index contributed by atoms with van der Waals surface area (Å²) in [6, 6.07) is 35.7. The van der Waals surface area contributed by atoms with E-state index in [1.165, 1.54) is 0 Å². The molecule has 0 aliphatic rings. The van der Waals surface area contributed by atoms with Gasteiger partial charge in [0.25, 0.3) is 0 Å². The molecule has 0 spiro atoms. The Balaban J connectivity index is 2.00. The fraction of sp³-hybridized carbons (Fsp3) is 0.0690. The van der Waals surface area contributed by atoms with Crippen LogP contribution in [-0.2, 0) is 4.79 Å². The Hall–Kier alpha value is -3.48. The van der Waals surface area contributed by atoms with Gasteiger partial charge in [-0.25, -0.2) is 0 Å². The standard InChI is InChI=1S/C29H25O2P/c1-22-18-19-27(23(2)20-22)29(31)28(30)21-32(24-12-6-3-7-13-24,25-14-8-4-9-15-25)26-16-10-5-11-17-26/h3-21H,1-2H3. The molecular formula is C29H25O2P. The lowest BCUT2D eigenvalue weighted by Crippen LogP contribution is -2.30. The quantitative estimate of drug-likeness (QED) is 0.246. The second kappa shape index (κ2) is 9.34. The van der Waals surface area contributed by atoms with Crippen molar-refractivity contribution in [1.82, 2.24) is 0 Å². The van der Waals surface area contributed by atoms with Gasteiger partial charge in [-0.1, -0.05) is 115 Å². The molecule has 4 aromatic carbocycles. The van der Waals surface area contributed by atoms with Gasteiger partial charge in [0.1, 0.15) is 0 Å². The first-order valence-corrected chi connectivity index (χ1v) is 12.5. The van der Waals surface area contributed by atoms with Gasteiger partial charge in [0, 0.05) is 5.56 Å². The van der Waals surface area contributed by atoms with Crippen LogP contribution in [0.15, 0.2) is 109 Å². The molecular weight excluding hydrogens is 411 g/mol. The normalized spacial score (nSPS) is 11.1.